The van der Waals surface area contributed by atoms with Gasteiger partial charge in [0.2, 0.25) is 17.7 Å². The van der Waals surface area contributed by atoms with Gasteiger partial charge in [-0.3, -0.25) is 14.4 Å². The van der Waals surface area contributed by atoms with Crippen LogP contribution >= 0.6 is 0 Å². The third-order valence-electron chi connectivity index (χ3n) is 7.52. The van der Waals surface area contributed by atoms with Gasteiger partial charge in [0.05, 0.1) is 5.92 Å². The fourth-order valence-corrected chi connectivity index (χ4v) is 5.55. The van der Waals surface area contributed by atoms with Crippen molar-refractivity contribution in [3.05, 3.63) is 65.2 Å². The van der Waals surface area contributed by atoms with Crippen LogP contribution in [0.3, 0.4) is 0 Å². The lowest BCUT2D eigenvalue weighted by molar-refractivity contribution is -0.137. The van der Waals surface area contributed by atoms with Crippen LogP contribution in [0, 0.1) is 5.92 Å². The van der Waals surface area contributed by atoms with Crippen molar-refractivity contribution in [2.45, 2.75) is 57.4 Å². The van der Waals surface area contributed by atoms with E-state index >= 15 is 0 Å². The molecule has 1 N–H and O–H groups in total. The number of benzene rings is 2. The van der Waals surface area contributed by atoms with Crippen LogP contribution in [0.15, 0.2) is 48.5 Å². The first-order chi connectivity index (χ1) is 16.6. The average molecular weight is 460 g/mol. The molecular weight excluding hydrogens is 426 g/mol. The van der Waals surface area contributed by atoms with E-state index in [1.54, 1.807) is 4.90 Å². The molecule has 5 rings (SSSR count). The van der Waals surface area contributed by atoms with Gasteiger partial charge < -0.3 is 15.1 Å². The summed E-state index contributed by atoms with van der Waals surface area (Å²) >= 11 is 0. The number of piperidine rings is 1. The number of carbonyl (C=O) groups excluding carboxylic acids is 3. The standard InChI is InChI=1S/C28H33N3O3/c32-26(12-9-20-5-2-1-3-6-20)29-24-13-15-30(16-14-24)28(34)23-18-27(33)31(19-23)25-11-10-21-7-4-8-22(21)17-25/h1-3,5-6,10-11,17,23-24H,4,7-9,12-16,18-19H2,(H,29,32). The number of hydrogen-bond acceptors (Lipinski definition) is 3. The van der Waals surface area contributed by atoms with E-state index in [1.165, 1.54) is 17.5 Å². The quantitative estimate of drug-likeness (QED) is 0.721. The Morgan fingerprint density at radius 2 is 1.74 bits per heavy atom. The number of nitrogens with zero attached hydrogens (tertiary/aromatic N) is 2. The highest BCUT2D eigenvalue weighted by atomic mass is 16.2. The average Bonchev–Trinajstić information content (AvgIpc) is 3.49. The van der Waals surface area contributed by atoms with Gasteiger partial charge in [-0.2, -0.15) is 0 Å². The minimum absolute atomic E-state index is 0.0388. The maximum Gasteiger partial charge on any atom is 0.228 e. The van der Waals surface area contributed by atoms with Crippen LogP contribution in [0.1, 0.15) is 48.8 Å². The first-order valence-corrected chi connectivity index (χ1v) is 12.6. The van der Waals surface area contributed by atoms with Crippen molar-refractivity contribution in [1.82, 2.24) is 10.2 Å². The summed E-state index contributed by atoms with van der Waals surface area (Å²) in [5.74, 6) is -0.0968. The first kappa shape index (κ1) is 22.6. The summed E-state index contributed by atoms with van der Waals surface area (Å²) in [7, 11) is 0. The van der Waals surface area contributed by atoms with E-state index in [4.69, 9.17) is 0 Å². The molecule has 0 radical (unpaired) electrons. The van der Waals surface area contributed by atoms with E-state index in [0.717, 1.165) is 43.4 Å². The topological polar surface area (TPSA) is 69.7 Å². The maximum atomic E-state index is 13.2. The normalized spacial score (nSPS) is 20.5. The van der Waals surface area contributed by atoms with Crippen LogP contribution in [0.2, 0.25) is 0 Å². The third kappa shape index (κ3) is 5.01. The summed E-state index contributed by atoms with van der Waals surface area (Å²) in [5, 5.41) is 3.13. The van der Waals surface area contributed by atoms with Gasteiger partial charge in [-0.15, -0.1) is 0 Å². The van der Waals surface area contributed by atoms with Gasteiger partial charge in [0.1, 0.15) is 0 Å². The Labute approximate surface area is 201 Å². The SMILES string of the molecule is O=C(CCc1ccccc1)NC1CCN(C(=O)C2CC(=O)N(c3ccc4c(c3)CCC4)C2)CC1. The smallest absolute Gasteiger partial charge is 0.228 e. The molecule has 0 bridgehead atoms. The lowest BCUT2D eigenvalue weighted by atomic mass is 10.0. The molecular formula is C28H33N3O3. The van der Waals surface area contributed by atoms with Crippen LogP contribution in [0.4, 0.5) is 5.69 Å². The summed E-state index contributed by atoms with van der Waals surface area (Å²) in [5.41, 5.74) is 4.82. The first-order valence-electron chi connectivity index (χ1n) is 12.6. The molecule has 2 heterocycles. The molecule has 178 valence electrons. The third-order valence-corrected chi connectivity index (χ3v) is 7.52. The maximum absolute atomic E-state index is 13.2. The predicted molar refractivity (Wildman–Crippen MR) is 131 cm³/mol. The molecule has 1 atom stereocenters. The molecule has 6 heteroatoms. The highest BCUT2D eigenvalue weighted by molar-refractivity contribution is 6.00. The number of aryl methyl sites for hydroxylation is 3. The van der Waals surface area contributed by atoms with E-state index in [-0.39, 0.29) is 36.1 Å². The summed E-state index contributed by atoms with van der Waals surface area (Å²) in [6.07, 6.45) is 6.39. The van der Waals surface area contributed by atoms with E-state index in [2.05, 4.69) is 17.4 Å². The lowest BCUT2D eigenvalue weighted by Crippen LogP contribution is -2.48. The van der Waals surface area contributed by atoms with Crippen molar-refractivity contribution in [3.8, 4) is 0 Å². The van der Waals surface area contributed by atoms with E-state index < -0.39 is 0 Å². The summed E-state index contributed by atoms with van der Waals surface area (Å²) < 4.78 is 0. The van der Waals surface area contributed by atoms with Crippen molar-refractivity contribution < 1.29 is 14.4 Å². The van der Waals surface area contributed by atoms with Gasteiger partial charge in [-0.05, 0) is 67.3 Å². The van der Waals surface area contributed by atoms with Crippen molar-refractivity contribution >= 4 is 23.4 Å². The molecule has 2 aromatic carbocycles. The van der Waals surface area contributed by atoms with Gasteiger partial charge in [0, 0.05) is 44.2 Å². The van der Waals surface area contributed by atoms with Crippen LogP contribution in [0.25, 0.3) is 0 Å². The number of nitrogens with one attached hydrogen (secondary N) is 1. The number of fused-ring (bicyclic) bond motifs is 1. The van der Waals surface area contributed by atoms with Crippen LogP contribution in [-0.4, -0.2) is 48.3 Å². The van der Waals surface area contributed by atoms with Gasteiger partial charge in [-0.25, -0.2) is 0 Å². The molecule has 2 saturated heterocycles. The second kappa shape index (κ2) is 10.00. The van der Waals surface area contributed by atoms with Crippen molar-refractivity contribution in [2.24, 2.45) is 5.92 Å². The number of hydrogen-bond donors (Lipinski definition) is 1. The molecule has 0 saturated carbocycles. The summed E-state index contributed by atoms with van der Waals surface area (Å²) in [6.45, 7) is 1.73. The fraction of sp³-hybridized carbons (Fsp3) is 0.464. The molecule has 2 aliphatic heterocycles. The van der Waals surface area contributed by atoms with Gasteiger partial charge in [0.25, 0.3) is 0 Å². The lowest BCUT2D eigenvalue weighted by Gasteiger charge is -2.33. The van der Waals surface area contributed by atoms with E-state index in [1.807, 2.05) is 41.3 Å². The molecule has 6 nitrogen and oxygen atoms in total. The Balaban J connectivity index is 1.09. The molecule has 1 unspecified atom stereocenters. The molecule has 3 amide bonds. The van der Waals surface area contributed by atoms with Gasteiger partial charge in [0.15, 0.2) is 0 Å². The molecule has 2 aromatic rings. The zero-order chi connectivity index (χ0) is 23.5. The Morgan fingerprint density at radius 3 is 2.53 bits per heavy atom. The van der Waals surface area contributed by atoms with Crippen LogP contribution in [-0.2, 0) is 33.6 Å². The van der Waals surface area contributed by atoms with E-state index in [9.17, 15) is 14.4 Å². The molecule has 3 aliphatic rings. The highest BCUT2D eigenvalue weighted by Gasteiger charge is 2.38. The summed E-state index contributed by atoms with van der Waals surface area (Å²) in [6, 6.07) is 16.4. The zero-order valence-corrected chi connectivity index (χ0v) is 19.7. The Kier molecular flexibility index (Phi) is 6.66. The van der Waals surface area contributed by atoms with Crippen LogP contribution < -0.4 is 10.2 Å². The monoisotopic (exact) mass is 459 g/mol. The van der Waals surface area contributed by atoms with E-state index in [0.29, 0.717) is 26.1 Å². The number of carbonyl (C=O) groups is 3. The number of amides is 3. The van der Waals surface area contributed by atoms with Crippen molar-refractivity contribution in [3.63, 3.8) is 0 Å². The minimum atomic E-state index is -0.280. The largest absolute Gasteiger partial charge is 0.353 e. The number of anilines is 1. The zero-order valence-electron chi connectivity index (χ0n) is 19.7. The predicted octanol–water partition coefficient (Wildman–Crippen LogP) is 3.27. The number of rotatable bonds is 6. The fourth-order valence-electron chi connectivity index (χ4n) is 5.55. The highest BCUT2D eigenvalue weighted by Crippen LogP contribution is 2.31. The molecule has 34 heavy (non-hydrogen) atoms. The second-order valence-corrected chi connectivity index (χ2v) is 9.86. The molecule has 0 aromatic heterocycles. The summed E-state index contributed by atoms with van der Waals surface area (Å²) in [4.78, 5) is 41.9. The van der Waals surface area contributed by atoms with Crippen molar-refractivity contribution in [2.75, 3.05) is 24.5 Å². The number of likely N-dealkylation sites (tertiary alicyclic amines) is 1. The second-order valence-electron chi connectivity index (χ2n) is 9.86. The van der Waals surface area contributed by atoms with Gasteiger partial charge in [-0.1, -0.05) is 36.4 Å². The Hall–Kier alpha value is -3.15. The molecule has 1 aliphatic carbocycles. The Bertz CT molecular complexity index is 1060. The molecule has 2 fully saturated rings. The van der Waals surface area contributed by atoms with Crippen molar-refractivity contribution in [1.29, 1.82) is 0 Å². The Morgan fingerprint density at radius 1 is 0.971 bits per heavy atom. The van der Waals surface area contributed by atoms with Gasteiger partial charge >= 0.3 is 0 Å². The minimum Gasteiger partial charge on any atom is -0.353 e. The van der Waals surface area contributed by atoms with Crippen LogP contribution in [0.5, 0.6) is 0 Å². The molecule has 0 spiro atoms.